The van der Waals surface area contributed by atoms with Crippen molar-refractivity contribution in [1.82, 2.24) is 0 Å². The van der Waals surface area contributed by atoms with Gasteiger partial charge in [0.05, 0.1) is 11.1 Å². The summed E-state index contributed by atoms with van der Waals surface area (Å²) in [4.78, 5) is 1.06. The molecule has 3 heteroatoms. The van der Waals surface area contributed by atoms with Gasteiger partial charge in [0.2, 0.25) is 0 Å². The zero-order valence-electron chi connectivity index (χ0n) is 10.7. The summed E-state index contributed by atoms with van der Waals surface area (Å²) in [6.45, 7) is 4.20. The monoisotopic (exact) mass is 279 g/mol. The number of rotatable bonds is 4. The van der Waals surface area contributed by atoms with Crippen molar-refractivity contribution < 1.29 is 0 Å². The molecule has 1 aromatic carbocycles. The van der Waals surface area contributed by atoms with Gasteiger partial charge in [0.1, 0.15) is 0 Å². The molecule has 0 bridgehead atoms. The van der Waals surface area contributed by atoms with Gasteiger partial charge in [-0.05, 0) is 35.4 Å². The largest absolute Gasteiger partial charge is 0.320 e. The highest BCUT2D eigenvalue weighted by Crippen LogP contribution is 2.34. The van der Waals surface area contributed by atoms with Crippen LogP contribution in [0.2, 0.25) is 5.02 Å². The second-order valence-electron chi connectivity index (χ2n) is 4.57. The van der Waals surface area contributed by atoms with Gasteiger partial charge < -0.3 is 5.73 Å². The first-order valence-corrected chi connectivity index (χ1v) is 7.47. The molecule has 0 saturated heterocycles. The smallest absolute Gasteiger partial charge is 0.0661 e. The van der Waals surface area contributed by atoms with Crippen LogP contribution in [0.15, 0.2) is 29.6 Å². The minimum Gasteiger partial charge on any atom is -0.320 e. The van der Waals surface area contributed by atoms with E-state index in [1.54, 1.807) is 11.3 Å². The van der Waals surface area contributed by atoms with E-state index < -0.39 is 0 Å². The maximum Gasteiger partial charge on any atom is 0.0661 e. The van der Waals surface area contributed by atoms with Crippen molar-refractivity contribution in [2.45, 2.75) is 32.7 Å². The zero-order valence-corrected chi connectivity index (χ0v) is 12.3. The average molecular weight is 280 g/mol. The fourth-order valence-corrected chi connectivity index (χ4v) is 3.38. The summed E-state index contributed by atoms with van der Waals surface area (Å²) in [7, 11) is 0. The molecule has 0 aliphatic rings. The fraction of sp³-hybridized carbons (Fsp3) is 0.333. The van der Waals surface area contributed by atoms with E-state index in [9.17, 15) is 0 Å². The second kappa shape index (κ2) is 5.87. The highest BCUT2D eigenvalue weighted by atomic mass is 35.5. The number of hydrogen-bond acceptors (Lipinski definition) is 2. The van der Waals surface area contributed by atoms with Gasteiger partial charge in [-0.1, -0.05) is 49.2 Å². The Kier molecular flexibility index (Phi) is 4.44. The Morgan fingerprint density at radius 2 is 2.17 bits per heavy atom. The van der Waals surface area contributed by atoms with Crippen LogP contribution < -0.4 is 5.73 Å². The Morgan fingerprint density at radius 1 is 1.39 bits per heavy atom. The third-order valence-electron chi connectivity index (χ3n) is 3.06. The molecule has 1 nitrogen and oxygen atoms in total. The summed E-state index contributed by atoms with van der Waals surface area (Å²) >= 11 is 7.93. The van der Waals surface area contributed by atoms with Gasteiger partial charge >= 0.3 is 0 Å². The molecule has 18 heavy (non-hydrogen) atoms. The third-order valence-corrected chi connectivity index (χ3v) is 4.85. The number of benzene rings is 1. The van der Waals surface area contributed by atoms with Crippen molar-refractivity contribution in [2.24, 2.45) is 5.73 Å². The first-order valence-electron chi connectivity index (χ1n) is 6.21. The summed E-state index contributed by atoms with van der Waals surface area (Å²) in [5.74, 6) is 0. The predicted molar refractivity (Wildman–Crippen MR) is 80.5 cm³/mol. The molecular formula is C15H18ClNS. The van der Waals surface area contributed by atoms with Crippen molar-refractivity contribution in [1.29, 1.82) is 0 Å². The van der Waals surface area contributed by atoms with E-state index in [1.165, 1.54) is 5.56 Å². The van der Waals surface area contributed by atoms with Crippen molar-refractivity contribution >= 4 is 22.9 Å². The summed E-state index contributed by atoms with van der Waals surface area (Å²) in [5.41, 5.74) is 9.92. The van der Waals surface area contributed by atoms with Crippen molar-refractivity contribution in [3.63, 3.8) is 0 Å². The molecule has 0 aliphatic carbocycles. The SMILES string of the molecule is CCCc1cccc(C(N)c2scc(C)c2Cl)c1. The first kappa shape index (κ1) is 13.6. The molecule has 1 aromatic heterocycles. The number of aryl methyl sites for hydroxylation is 2. The van der Waals surface area contributed by atoms with Gasteiger partial charge in [0.15, 0.2) is 0 Å². The lowest BCUT2D eigenvalue weighted by Crippen LogP contribution is -2.11. The van der Waals surface area contributed by atoms with Crippen LogP contribution in [0.25, 0.3) is 0 Å². The second-order valence-corrected chi connectivity index (χ2v) is 5.86. The van der Waals surface area contributed by atoms with Crippen LogP contribution in [0.3, 0.4) is 0 Å². The van der Waals surface area contributed by atoms with Gasteiger partial charge in [0, 0.05) is 4.88 Å². The molecule has 2 rings (SSSR count). The molecular weight excluding hydrogens is 262 g/mol. The van der Waals surface area contributed by atoms with E-state index in [4.69, 9.17) is 17.3 Å². The van der Waals surface area contributed by atoms with Crippen LogP contribution in [0, 0.1) is 6.92 Å². The molecule has 0 saturated carbocycles. The fourth-order valence-electron chi connectivity index (χ4n) is 2.04. The van der Waals surface area contributed by atoms with Gasteiger partial charge in [0.25, 0.3) is 0 Å². The Balaban J connectivity index is 2.30. The molecule has 96 valence electrons. The van der Waals surface area contributed by atoms with Crippen molar-refractivity contribution in [2.75, 3.05) is 0 Å². The summed E-state index contributed by atoms with van der Waals surface area (Å²) in [5, 5.41) is 2.88. The maximum absolute atomic E-state index is 6.32. The molecule has 2 N–H and O–H groups in total. The van der Waals surface area contributed by atoms with Crippen molar-refractivity contribution in [3.8, 4) is 0 Å². The third kappa shape index (κ3) is 2.77. The Hall–Kier alpha value is -0.830. The lowest BCUT2D eigenvalue weighted by molar-refractivity contribution is 0.874. The average Bonchev–Trinajstić information content (AvgIpc) is 2.70. The molecule has 0 fully saturated rings. The van der Waals surface area contributed by atoms with Crippen LogP contribution >= 0.6 is 22.9 Å². The Labute approximate surface area is 118 Å². The molecule has 2 aromatic rings. The Bertz CT molecular complexity index is 533. The lowest BCUT2D eigenvalue weighted by atomic mass is 10.0. The van der Waals surface area contributed by atoms with E-state index in [-0.39, 0.29) is 6.04 Å². The lowest BCUT2D eigenvalue weighted by Gasteiger charge is -2.12. The first-order chi connectivity index (χ1) is 8.63. The van der Waals surface area contributed by atoms with Gasteiger partial charge in [-0.3, -0.25) is 0 Å². The van der Waals surface area contributed by atoms with Crippen LogP contribution in [0.4, 0.5) is 0 Å². The topological polar surface area (TPSA) is 26.0 Å². The normalized spacial score (nSPS) is 12.7. The van der Waals surface area contributed by atoms with Crippen LogP contribution in [-0.4, -0.2) is 0 Å². The van der Waals surface area contributed by atoms with Crippen LogP contribution in [0.5, 0.6) is 0 Å². The standard InChI is InChI=1S/C15H18ClNS/c1-3-5-11-6-4-7-12(8-11)14(17)15-13(16)10(2)9-18-15/h4,6-9,14H,3,5,17H2,1-2H3. The molecule has 0 spiro atoms. The minimum atomic E-state index is -0.118. The highest BCUT2D eigenvalue weighted by molar-refractivity contribution is 7.10. The molecule has 1 unspecified atom stereocenters. The predicted octanol–water partition coefficient (Wildman–Crippen LogP) is 4.71. The summed E-state index contributed by atoms with van der Waals surface area (Å²) in [6.07, 6.45) is 2.25. The molecule has 1 heterocycles. The minimum absolute atomic E-state index is 0.118. The highest BCUT2D eigenvalue weighted by Gasteiger charge is 2.16. The number of nitrogens with two attached hydrogens (primary N) is 1. The van der Waals surface area contributed by atoms with E-state index in [0.29, 0.717) is 0 Å². The van der Waals surface area contributed by atoms with Gasteiger partial charge in [-0.25, -0.2) is 0 Å². The quantitative estimate of drug-likeness (QED) is 0.862. The van der Waals surface area contributed by atoms with Gasteiger partial charge in [-0.2, -0.15) is 0 Å². The van der Waals surface area contributed by atoms with E-state index >= 15 is 0 Å². The number of halogens is 1. The Morgan fingerprint density at radius 3 is 2.78 bits per heavy atom. The zero-order chi connectivity index (χ0) is 13.1. The van der Waals surface area contributed by atoms with Crippen LogP contribution in [0.1, 0.15) is 41.0 Å². The number of hydrogen-bond donors (Lipinski definition) is 1. The van der Waals surface area contributed by atoms with E-state index in [0.717, 1.165) is 33.9 Å². The molecule has 0 radical (unpaired) electrons. The summed E-state index contributed by atoms with van der Waals surface area (Å²) < 4.78 is 0. The maximum atomic E-state index is 6.32. The van der Waals surface area contributed by atoms with E-state index in [2.05, 4.69) is 36.6 Å². The van der Waals surface area contributed by atoms with E-state index in [1.807, 2.05) is 6.92 Å². The van der Waals surface area contributed by atoms with Gasteiger partial charge in [-0.15, -0.1) is 11.3 Å². The van der Waals surface area contributed by atoms with Crippen LogP contribution in [-0.2, 0) is 6.42 Å². The molecule has 0 aliphatic heterocycles. The molecule has 1 atom stereocenters. The molecule has 0 amide bonds. The summed E-state index contributed by atoms with van der Waals surface area (Å²) in [6, 6.07) is 8.39. The van der Waals surface area contributed by atoms with Crippen molar-refractivity contribution in [3.05, 3.63) is 56.2 Å². The number of thiophene rings is 1.